The lowest BCUT2D eigenvalue weighted by molar-refractivity contribution is -0.136. The van der Waals surface area contributed by atoms with Crippen LogP contribution < -0.4 is 20.2 Å². The highest BCUT2D eigenvalue weighted by molar-refractivity contribution is 6.39. The minimum Gasteiger partial charge on any atom is -0.493 e. The molecule has 0 aliphatic carbocycles. The van der Waals surface area contributed by atoms with Crippen molar-refractivity contribution in [1.82, 2.24) is 10.3 Å². The summed E-state index contributed by atoms with van der Waals surface area (Å²) >= 11 is 0. The fraction of sp³-hybridized carbons (Fsp3) is 0.333. The number of carbonyl (C=O) groups is 3. The van der Waals surface area contributed by atoms with Gasteiger partial charge in [-0.15, -0.1) is 0 Å². The van der Waals surface area contributed by atoms with Crippen LogP contribution in [0, 0.1) is 13.8 Å². The van der Waals surface area contributed by atoms with Gasteiger partial charge in [0.25, 0.3) is 5.91 Å². The Kier molecular flexibility index (Phi) is 8.01. The van der Waals surface area contributed by atoms with E-state index in [1.54, 1.807) is 35.2 Å². The number of hydrogen-bond donors (Lipinski definition) is 2. The van der Waals surface area contributed by atoms with E-state index < -0.39 is 11.8 Å². The summed E-state index contributed by atoms with van der Waals surface area (Å²) in [5.74, 6) is -0.905. The molecule has 3 amide bonds. The highest BCUT2D eigenvalue weighted by atomic mass is 16.5. The first kappa shape index (κ1) is 23.8. The largest absolute Gasteiger partial charge is 0.493 e. The van der Waals surface area contributed by atoms with Crippen molar-refractivity contribution in [2.24, 2.45) is 5.10 Å². The molecule has 1 saturated heterocycles. The van der Waals surface area contributed by atoms with Crippen molar-refractivity contribution < 1.29 is 23.9 Å². The van der Waals surface area contributed by atoms with Crippen LogP contribution in [0.25, 0.3) is 0 Å². The highest BCUT2D eigenvalue weighted by Gasteiger charge is 2.19. The van der Waals surface area contributed by atoms with Crippen LogP contribution in [0.15, 0.2) is 41.5 Å². The van der Waals surface area contributed by atoms with E-state index in [2.05, 4.69) is 15.8 Å². The lowest BCUT2D eigenvalue weighted by atomic mass is 10.1. The number of benzene rings is 2. The standard InChI is InChI=1S/C24H28N4O5/c1-16-7-6-8-19(17(16)2)26-23(30)24(31)27-25-14-18-9-10-20(21(13-18)32-3)33-15-22(29)28-11-4-5-12-28/h6-10,13-14H,4-5,11-12,15H2,1-3H3,(H,26,30)(H,27,31)/b25-14+. The molecule has 2 aromatic carbocycles. The summed E-state index contributed by atoms with van der Waals surface area (Å²) in [5, 5.41) is 6.41. The average molecular weight is 453 g/mol. The highest BCUT2D eigenvalue weighted by Crippen LogP contribution is 2.27. The van der Waals surface area contributed by atoms with E-state index in [9.17, 15) is 14.4 Å². The fourth-order valence-electron chi connectivity index (χ4n) is 3.36. The molecule has 33 heavy (non-hydrogen) atoms. The Morgan fingerprint density at radius 2 is 1.82 bits per heavy atom. The number of likely N-dealkylation sites (tertiary alicyclic amines) is 1. The summed E-state index contributed by atoms with van der Waals surface area (Å²) in [6, 6.07) is 10.5. The Balaban J connectivity index is 1.54. The van der Waals surface area contributed by atoms with E-state index in [1.807, 2.05) is 19.9 Å². The molecule has 174 valence electrons. The first-order valence-corrected chi connectivity index (χ1v) is 10.7. The van der Waals surface area contributed by atoms with E-state index in [0.29, 0.717) is 22.7 Å². The van der Waals surface area contributed by atoms with E-state index in [4.69, 9.17) is 9.47 Å². The van der Waals surface area contributed by atoms with Gasteiger partial charge in [0.05, 0.1) is 13.3 Å². The molecule has 9 heteroatoms. The summed E-state index contributed by atoms with van der Waals surface area (Å²) < 4.78 is 11.0. The second kappa shape index (κ2) is 11.1. The molecule has 1 aliphatic heterocycles. The number of ether oxygens (including phenoxy) is 2. The SMILES string of the molecule is COc1cc(/C=N/NC(=O)C(=O)Nc2cccc(C)c2C)ccc1OCC(=O)N1CCCC1. The molecular formula is C24H28N4O5. The van der Waals surface area contributed by atoms with Gasteiger partial charge in [0.15, 0.2) is 18.1 Å². The topological polar surface area (TPSA) is 109 Å². The molecule has 0 spiro atoms. The smallest absolute Gasteiger partial charge is 0.329 e. The van der Waals surface area contributed by atoms with Gasteiger partial charge >= 0.3 is 11.8 Å². The molecule has 0 unspecified atom stereocenters. The average Bonchev–Trinajstić information content (AvgIpc) is 3.36. The molecule has 0 saturated carbocycles. The Hall–Kier alpha value is -3.88. The van der Waals surface area contributed by atoms with Gasteiger partial charge in [-0.25, -0.2) is 5.43 Å². The van der Waals surface area contributed by atoms with Crippen molar-refractivity contribution in [3.05, 3.63) is 53.1 Å². The van der Waals surface area contributed by atoms with Crippen molar-refractivity contribution in [2.45, 2.75) is 26.7 Å². The van der Waals surface area contributed by atoms with Crippen molar-refractivity contribution in [3.63, 3.8) is 0 Å². The van der Waals surface area contributed by atoms with Crippen LogP contribution in [0.3, 0.4) is 0 Å². The van der Waals surface area contributed by atoms with Crippen molar-refractivity contribution in [2.75, 3.05) is 32.1 Å². The first-order valence-electron chi connectivity index (χ1n) is 10.7. The number of rotatable bonds is 7. The maximum atomic E-state index is 12.2. The van der Waals surface area contributed by atoms with Crippen molar-refractivity contribution >= 4 is 29.6 Å². The molecule has 2 N–H and O–H groups in total. The molecule has 0 bridgehead atoms. The fourth-order valence-corrected chi connectivity index (χ4v) is 3.36. The number of nitrogens with zero attached hydrogens (tertiary/aromatic N) is 2. The Morgan fingerprint density at radius 1 is 1.06 bits per heavy atom. The number of hydrogen-bond acceptors (Lipinski definition) is 6. The van der Waals surface area contributed by atoms with Crippen LogP contribution >= 0.6 is 0 Å². The number of hydrazone groups is 1. The Labute approximate surface area is 192 Å². The van der Waals surface area contributed by atoms with E-state index in [1.165, 1.54) is 13.3 Å². The third-order valence-corrected chi connectivity index (χ3v) is 5.44. The molecular weight excluding hydrogens is 424 g/mol. The third-order valence-electron chi connectivity index (χ3n) is 5.44. The number of amides is 3. The first-order chi connectivity index (χ1) is 15.9. The lowest BCUT2D eigenvalue weighted by Gasteiger charge is -2.16. The minimum atomic E-state index is -0.889. The number of nitrogens with one attached hydrogen (secondary N) is 2. The zero-order chi connectivity index (χ0) is 23.8. The quantitative estimate of drug-likeness (QED) is 0.381. The minimum absolute atomic E-state index is 0.0537. The zero-order valence-corrected chi connectivity index (χ0v) is 19.0. The molecule has 0 radical (unpaired) electrons. The lowest BCUT2D eigenvalue weighted by Crippen LogP contribution is -2.32. The summed E-state index contributed by atoms with van der Waals surface area (Å²) in [7, 11) is 1.49. The maximum Gasteiger partial charge on any atom is 0.329 e. The van der Waals surface area contributed by atoms with E-state index in [0.717, 1.165) is 37.1 Å². The van der Waals surface area contributed by atoms with E-state index >= 15 is 0 Å². The molecule has 1 aliphatic rings. The molecule has 9 nitrogen and oxygen atoms in total. The van der Waals surface area contributed by atoms with Gasteiger partial charge in [0.2, 0.25) is 0 Å². The third kappa shape index (κ3) is 6.31. The Bertz CT molecular complexity index is 1060. The summed E-state index contributed by atoms with van der Waals surface area (Å²) in [6.07, 6.45) is 3.42. The maximum absolute atomic E-state index is 12.2. The molecule has 1 fully saturated rings. The van der Waals surface area contributed by atoms with Gasteiger partial charge in [-0.2, -0.15) is 5.10 Å². The van der Waals surface area contributed by atoms with E-state index in [-0.39, 0.29) is 12.5 Å². The summed E-state index contributed by atoms with van der Waals surface area (Å²) in [5.41, 5.74) is 5.28. The second-order valence-corrected chi connectivity index (χ2v) is 7.69. The summed E-state index contributed by atoms with van der Waals surface area (Å²) in [4.78, 5) is 38.1. The zero-order valence-electron chi connectivity index (χ0n) is 19.0. The van der Waals surface area contributed by atoms with Gasteiger partial charge in [0, 0.05) is 18.8 Å². The van der Waals surface area contributed by atoms with Crippen molar-refractivity contribution in [3.8, 4) is 11.5 Å². The van der Waals surface area contributed by atoms with Gasteiger partial charge in [0.1, 0.15) is 0 Å². The van der Waals surface area contributed by atoms with Gasteiger partial charge < -0.3 is 19.7 Å². The second-order valence-electron chi connectivity index (χ2n) is 7.69. The van der Waals surface area contributed by atoms with Crippen LogP contribution in [-0.2, 0) is 14.4 Å². The predicted octanol–water partition coefficient (Wildman–Crippen LogP) is 2.40. The number of aryl methyl sites for hydroxylation is 1. The molecule has 0 atom stereocenters. The summed E-state index contributed by atoms with van der Waals surface area (Å²) in [6.45, 7) is 5.26. The molecule has 0 aromatic heterocycles. The van der Waals surface area contributed by atoms with Crippen LogP contribution in [0.2, 0.25) is 0 Å². The van der Waals surface area contributed by atoms with Crippen LogP contribution in [0.1, 0.15) is 29.5 Å². The Morgan fingerprint density at radius 3 is 2.55 bits per heavy atom. The van der Waals surface area contributed by atoms with Gasteiger partial charge in [-0.05, 0) is 67.6 Å². The molecule has 3 rings (SSSR count). The predicted molar refractivity (Wildman–Crippen MR) is 125 cm³/mol. The monoisotopic (exact) mass is 452 g/mol. The van der Waals surface area contributed by atoms with Crippen LogP contribution in [0.4, 0.5) is 5.69 Å². The molecule has 1 heterocycles. The van der Waals surface area contributed by atoms with Crippen molar-refractivity contribution in [1.29, 1.82) is 0 Å². The number of methoxy groups -OCH3 is 1. The van der Waals surface area contributed by atoms with Gasteiger partial charge in [-0.3, -0.25) is 14.4 Å². The normalized spacial score (nSPS) is 13.1. The molecule has 2 aromatic rings. The van der Waals surface area contributed by atoms with Crippen LogP contribution in [0.5, 0.6) is 11.5 Å². The number of carbonyl (C=O) groups excluding carboxylic acids is 3. The van der Waals surface area contributed by atoms with Crippen LogP contribution in [-0.4, -0.2) is 55.6 Å². The number of anilines is 1. The van der Waals surface area contributed by atoms with Gasteiger partial charge in [-0.1, -0.05) is 12.1 Å².